The van der Waals surface area contributed by atoms with Gasteiger partial charge >= 0.3 is 11.4 Å². The molecule has 0 aliphatic rings. The SMILES string of the molecule is N#Cc1c(-c2cc(N=Nc3cccc(COc4nc(N)nc5c4ncn5CCN)c3)ccc2O)[n+]([O-])c2ccccc2[n+]1[O-]. The lowest BCUT2D eigenvalue weighted by Gasteiger charge is -2.11. The van der Waals surface area contributed by atoms with Gasteiger partial charge in [-0.1, -0.05) is 24.3 Å². The van der Waals surface area contributed by atoms with Gasteiger partial charge in [-0.3, -0.25) is 0 Å². The van der Waals surface area contributed by atoms with E-state index in [1.54, 1.807) is 47.3 Å². The van der Waals surface area contributed by atoms with Crippen LogP contribution < -0.4 is 25.7 Å². The number of hydrogen-bond donors (Lipinski definition) is 3. The van der Waals surface area contributed by atoms with E-state index in [9.17, 15) is 20.8 Å². The molecule has 0 spiro atoms. The number of aromatic hydroxyl groups is 1. The van der Waals surface area contributed by atoms with Crippen LogP contribution in [0.5, 0.6) is 11.6 Å². The molecule has 0 fully saturated rings. The van der Waals surface area contributed by atoms with Crippen LogP contribution in [0.15, 0.2) is 83.3 Å². The van der Waals surface area contributed by atoms with E-state index in [4.69, 9.17) is 16.2 Å². The van der Waals surface area contributed by atoms with E-state index in [1.165, 1.54) is 30.3 Å². The number of fused-ring (bicyclic) bond motifs is 2. The Morgan fingerprint density at radius 2 is 1.73 bits per heavy atom. The van der Waals surface area contributed by atoms with Gasteiger partial charge in [0.2, 0.25) is 11.8 Å². The minimum atomic E-state index is -0.468. The molecule has 0 amide bonds. The smallest absolute Gasteiger partial charge is 0.369 e. The topological polar surface area (TPSA) is 227 Å². The number of hydrogen-bond acceptors (Lipinski definition) is 12. The van der Waals surface area contributed by atoms with Crippen molar-refractivity contribution in [2.45, 2.75) is 13.2 Å². The molecular formula is C29H23N11O4. The Morgan fingerprint density at radius 1 is 0.977 bits per heavy atom. The summed E-state index contributed by atoms with van der Waals surface area (Å²) in [7, 11) is 0. The number of ether oxygens (including phenoxy) is 1. The van der Waals surface area contributed by atoms with Crippen LogP contribution in [0.4, 0.5) is 17.3 Å². The van der Waals surface area contributed by atoms with Gasteiger partial charge in [-0.15, -0.1) is 4.73 Å². The Bertz CT molecular complexity index is 2120. The Hall–Kier alpha value is -6.40. The summed E-state index contributed by atoms with van der Waals surface area (Å²) in [4.78, 5) is 12.8. The van der Waals surface area contributed by atoms with Crippen LogP contribution in [0.3, 0.4) is 0 Å². The summed E-state index contributed by atoms with van der Waals surface area (Å²) in [6, 6.07) is 19.1. The second-order valence-corrected chi connectivity index (χ2v) is 9.53. The highest BCUT2D eigenvalue weighted by Gasteiger charge is 2.31. The predicted octanol–water partition coefficient (Wildman–Crippen LogP) is 3.03. The van der Waals surface area contributed by atoms with Crippen molar-refractivity contribution in [3.05, 3.63) is 94.7 Å². The molecule has 0 aliphatic carbocycles. The normalized spacial score (nSPS) is 11.4. The average Bonchev–Trinajstić information content (AvgIpc) is 3.44. The molecule has 0 aliphatic heterocycles. The number of imidazole rings is 1. The summed E-state index contributed by atoms with van der Waals surface area (Å²) in [5, 5.41) is 54.9. The van der Waals surface area contributed by atoms with Gasteiger partial charge in [0.1, 0.15) is 12.4 Å². The molecule has 0 unspecified atom stereocenters. The number of nitrogen functional groups attached to an aromatic ring is 1. The zero-order valence-corrected chi connectivity index (χ0v) is 22.9. The zero-order valence-electron chi connectivity index (χ0n) is 22.9. The van der Waals surface area contributed by atoms with Gasteiger partial charge in [0.15, 0.2) is 17.2 Å². The number of phenolic OH excluding ortho intramolecular Hbond substituents is 1. The molecule has 3 heterocycles. The number of benzene rings is 3. The highest BCUT2D eigenvalue weighted by molar-refractivity contribution is 5.78. The molecule has 15 heteroatoms. The van der Waals surface area contributed by atoms with Crippen LogP contribution >= 0.6 is 0 Å². The van der Waals surface area contributed by atoms with Crippen molar-refractivity contribution in [2.75, 3.05) is 12.3 Å². The van der Waals surface area contributed by atoms with Crippen molar-refractivity contribution in [1.82, 2.24) is 19.5 Å². The van der Waals surface area contributed by atoms with E-state index in [0.717, 1.165) is 5.56 Å². The van der Waals surface area contributed by atoms with Gasteiger partial charge in [-0.25, -0.2) is 4.98 Å². The Balaban J connectivity index is 1.27. The summed E-state index contributed by atoms with van der Waals surface area (Å²) in [6.07, 6.45) is 1.60. The van der Waals surface area contributed by atoms with Crippen LogP contribution in [0.2, 0.25) is 0 Å². The van der Waals surface area contributed by atoms with E-state index < -0.39 is 5.69 Å². The number of nitrogens with two attached hydrogens (primary N) is 2. The van der Waals surface area contributed by atoms with Crippen LogP contribution in [-0.4, -0.2) is 31.2 Å². The fraction of sp³-hybridized carbons (Fsp3) is 0.103. The number of anilines is 1. The molecule has 6 aromatic rings. The van der Waals surface area contributed by atoms with Crippen LogP contribution in [-0.2, 0) is 13.2 Å². The van der Waals surface area contributed by atoms with Gasteiger partial charge in [-0.2, -0.15) is 30.2 Å². The fourth-order valence-corrected chi connectivity index (χ4v) is 4.67. The Labute approximate surface area is 248 Å². The van der Waals surface area contributed by atoms with Gasteiger partial charge in [0, 0.05) is 25.2 Å². The molecule has 44 heavy (non-hydrogen) atoms. The zero-order chi connectivity index (χ0) is 30.8. The first kappa shape index (κ1) is 27.8. The first-order chi connectivity index (χ1) is 21.4. The van der Waals surface area contributed by atoms with E-state index >= 15 is 0 Å². The van der Waals surface area contributed by atoms with Crippen LogP contribution in [0.1, 0.15) is 11.3 Å². The third-order valence-corrected chi connectivity index (χ3v) is 6.68. The van der Waals surface area contributed by atoms with Crippen molar-refractivity contribution in [3.63, 3.8) is 0 Å². The molecule has 0 saturated carbocycles. The minimum absolute atomic E-state index is 0.0239. The van der Waals surface area contributed by atoms with Crippen molar-refractivity contribution in [3.8, 4) is 29.0 Å². The number of para-hydroxylation sites is 2. The quantitative estimate of drug-likeness (QED) is 0.133. The molecule has 3 aromatic carbocycles. The molecule has 0 saturated heterocycles. The predicted molar refractivity (Wildman–Crippen MR) is 157 cm³/mol. The van der Waals surface area contributed by atoms with Gasteiger partial charge in [0.05, 0.1) is 23.3 Å². The maximum atomic E-state index is 13.2. The summed E-state index contributed by atoms with van der Waals surface area (Å²) in [5.74, 6) is -0.0422. The highest BCUT2D eigenvalue weighted by Crippen LogP contribution is 2.33. The number of nitrogens with zero attached hydrogens (tertiary/aromatic N) is 9. The maximum absolute atomic E-state index is 13.2. The Kier molecular flexibility index (Phi) is 7.23. The lowest BCUT2D eigenvalue weighted by atomic mass is 10.1. The van der Waals surface area contributed by atoms with Crippen molar-refractivity contribution >= 4 is 39.5 Å². The maximum Gasteiger partial charge on any atom is 0.369 e. The summed E-state index contributed by atoms with van der Waals surface area (Å²) < 4.78 is 8.51. The number of phenols is 1. The molecule has 218 valence electrons. The van der Waals surface area contributed by atoms with Crippen molar-refractivity contribution < 1.29 is 19.3 Å². The second-order valence-electron chi connectivity index (χ2n) is 9.53. The standard InChI is InChI=1S/C29H23N11O4/c30-10-11-38-16-33-25-27(38)34-29(32)35-28(25)44-15-17-4-3-5-18(12-17)36-37-19-8-9-24(41)20(13-19)26-23(14-31)39(42)21-6-1-2-7-22(21)40(26)43/h1-9,12-13,16,41H,10-11,15,30H2,(H2,32,34,35). The van der Waals surface area contributed by atoms with Crippen molar-refractivity contribution in [1.29, 1.82) is 5.26 Å². The second kappa shape index (κ2) is 11.5. The average molecular weight is 590 g/mol. The first-order valence-corrected chi connectivity index (χ1v) is 13.2. The van der Waals surface area contributed by atoms with E-state index in [0.29, 0.717) is 39.4 Å². The minimum Gasteiger partial charge on any atom is -0.617 e. The highest BCUT2D eigenvalue weighted by atomic mass is 16.5. The lowest BCUT2D eigenvalue weighted by Crippen LogP contribution is -2.43. The third kappa shape index (κ3) is 5.08. The molecule has 0 bridgehead atoms. The van der Waals surface area contributed by atoms with Crippen LogP contribution in [0.25, 0.3) is 33.5 Å². The number of aromatic nitrogens is 6. The summed E-state index contributed by atoms with van der Waals surface area (Å²) >= 11 is 0. The largest absolute Gasteiger partial charge is 0.617 e. The monoisotopic (exact) mass is 589 g/mol. The molecule has 5 N–H and O–H groups in total. The fourth-order valence-electron chi connectivity index (χ4n) is 4.67. The summed E-state index contributed by atoms with van der Waals surface area (Å²) in [6.45, 7) is 1.04. The summed E-state index contributed by atoms with van der Waals surface area (Å²) in [5.41, 5.74) is 13.3. The van der Waals surface area contributed by atoms with Gasteiger partial charge < -0.3 is 36.3 Å². The molecule has 0 radical (unpaired) electrons. The molecular weight excluding hydrogens is 566 g/mol. The number of nitriles is 1. The van der Waals surface area contributed by atoms with E-state index in [1.807, 2.05) is 6.07 Å². The van der Waals surface area contributed by atoms with Gasteiger partial charge in [-0.05, 0) is 35.9 Å². The van der Waals surface area contributed by atoms with E-state index in [-0.39, 0.29) is 52.2 Å². The molecule has 0 atom stereocenters. The van der Waals surface area contributed by atoms with Crippen molar-refractivity contribution in [2.24, 2.45) is 16.0 Å². The van der Waals surface area contributed by atoms with Crippen LogP contribution in [0, 0.1) is 21.7 Å². The number of azo groups is 1. The third-order valence-electron chi connectivity index (χ3n) is 6.68. The molecule has 15 nitrogen and oxygen atoms in total. The first-order valence-electron chi connectivity index (χ1n) is 13.2. The number of rotatable bonds is 8. The molecule has 3 aromatic heterocycles. The molecule has 6 rings (SSSR count). The van der Waals surface area contributed by atoms with E-state index in [2.05, 4.69) is 25.2 Å². The van der Waals surface area contributed by atoms with Gasteiger partial charge in [0.25, 0.3) is 11.0 Å². The Morgan fingerprint density at radius 3 is 2.48 bits per heavy atom. The lowest BCUT2D eigenvalue weighted by molar-refractivity contribution is -0.622.